The second kappa shape index (κ2) is 6.82. The molecule has 0 bridgehead atoms. The molecule has 4 nitrogen and oxygen atoms in total. The highest BCUT2D eigenvalue weighted by molar-refractivity contribution is 8.00. The lowest BCUT2D eigenvalue weighted by Crippen LogP contribution is -2.21. The quantitative estimate of drug-likeness (QED) is 0.505. The first kappa shape index (κ1) is 16.1. The number of hydrogen-bond acceptors (Lipinski definition) is 5. The van der Waals surface area contributed by atoms with E-state index in [1.165, 1.54) is 0 Å². The Morgan fingerprint density at radius 3 is 2.64 bits per heavy atom. The van der Waals surface area contributed by atoms with Gasteiger partial charge in [-0.3, -0.25) is 9.36 Å². The van der Waals surface area contributed by atoms with Crippen molar-refractivity contribution in [3.05, 3.63) is 76.2 Å². The summed E-state index contributed by atoms with van der Waals surface area (Å²) in [5, 5.41) is 2.71. The molecule has 0 N–H and O–H groups in total. The first-order valence-electron chi connectivity index (χ1n) is 7.81. The third-order valence-electron chi connectivity index (χ3n) is 3.95. The fraction of sp³-hybridized carbons (Fsp3) is 0.105. The Bertz CT molecular complexity index is 1090. The van der Waals surface area contributed by atoms with E-state index in [0.717, 1.165) is 26.9 Å². The van der Waals surface area contributed by atoms with E-state index >= 15 is 0 Å². The summed E-state index contributed by atoms with van der Waals surface area (Å²) in [6, 6.07) is 17.6. The molecule has 0 saturated heterocycles. The first-order valence-corrected chi connectivity index (χ1v) is 9.67. The van der Waals surface area contributed by atoms with Crippen LogP contribution in [0.1, 0.15) is 5.82 Å². The third kappa shape index (κ3) is 3.23. The number of fused-ring (bicyclic) bond motifs is 1. The predicted molar refractivity (Wildman–Crippen MR) is 104 cm³/mol. The maximum Gasteiger partial charge on any atom is 0.261 e. The molecule has 0 amide bonds. The number of rotatable bonds is 4. The minimum absolute atomic E-state index is 0.00897. The zero-order valence-corrected chi connectivity index (χ0v) is 15.2. The molecule has 124 valence electrons. The standard InChI is InChI=1S/C19H15N3OS2/c1-22-17(20-15-10-6-5-9-14(15)18(22)23)12-25-19-21-16(11-24-19)13-7-3-2-4-8-13/h2-11H,12H2,1H3. The molecule has 0 spiro atoms. The number of thioether (sulfide) groups is 1. The van der Waals surface area contributed by atoms with Crippen LogP contribution in [0.5, 0.6) is 0 Å². The van der Waals surface area contributed by atoms with Crippen molar-refractivity contribution in [1.29, 1.82) is 0 Å². The van der Waals surface area contributed by atoms with Gasteiger partial charge >= 0.3 is 0 Å². The number of para-hydroxylation sites is 1. The molecule has 0 atom stereocenters. The van der Waals surface area contributed by atoms with Crippen LogP contribution in [0.4, 0.5) is 0 Å². The summed E-state index contributed by atoms with van der Waals surface area (Å²) in [6.07, 6.45) is 0. The van der Waals surface area contributed by atoms with Gasteiger partial charge in [-0.25, -0.2) is 9.97 Å². The van der Waals surface area contributed by atoms with Crippen LogP contribution in [0.3, 0.4) is 0 Å². The summed E-state index contributed by atoms with van der Waals surface area (Å²) in [5.74, 6) is 1.36. The molecule has 6 heteroatoms. The Morgan fingerprint density at radius 1 is 1.04 bits per heavy atom. The summed E-state index contributed by atoms with van der Waals surface area (Å²) >= 11 is 3.22. The molecule has 2 aromatic heterocycles. The van der Waals surface area contributed by atoms with Crippen LogP contribution >= 0.6 is 23.1 Å². The molecule has 0 aliphatic rings. The zero-order chi connectivity index (χ0) is 17.2. The Labute approximate surface area is 153 Å². The van der Waals surface area contributed by atoms with E-state index in [1.807, 2.05) is 42.5 Å². The summed E-state index contributed by atoms with van der Waals surface area (Å²) in [5.41, 5.74) is 2.82. The predicted octanol–water partition coefficient (Wildman–Crippen LogP) is 4.35. The Balaban J connectivity index is 1.58. The van der Waals surface area contributed by atoms with Gasteiger partial charge in [0.25, 0.3) is 5.56 Å². The molecule has 0 aliphatic carbocycles. The molecule has 25 heavy (non-hydrogen) atoms. The van der Waals surface area contributed by atoms with Crippen LogP contribution in [0.2, 0.25) is 0 Å². The van der Waals surface area contributed by atoms with Crippen LogP contribution in [0, 0.1) is 0 Å². The fourth-order valence-corrected chi connectivity index (χ4v) is 4.40. The van der Waals surface area contributed by atoms with E-state index in [9.17, 15) is 4.79 Å². The Morgan fingerprint density at radius 2 is 1.80 bits per heavy atom. The SMILES string of the molecule is Cn1c(CSc2nc(-c3ccccc3)cs2)nc2ccccc2c1=O. The fourth-order valence-electron chi connectivity index (χ4n) is 2.58. The molecule has 2 aromatic carbocycles. The molecule has 0 fully saturated rings. The summed E-state index contributed by atoms with van der Waals surface area (Å²) in [6.45, 7) is 0. The number of aromatic nitrogens is 3. The second-order valence-electron chi connectivity index (χ2n) is 5.56. The van der Waals surface area contributed by atoms with Gasteiger partial charge in [-0.1, -0.05) is 54.2 Å². The van der Waals surface area contributed by atoms with Crippen molar-refractivity contribution in [1.82, 2.24) is 14.5 Å². The van der Waals surface area contributed by atoms with Gasteiger partial charge in [0.1, 0.15) is 5.82 Å². The molecule has 0 saturated carbocycles. The van der Waals surface area contributed by atoms with Crippen LogP contribution in [-0.4, -0.2) is 14.5 Å². The van der Waals surface area contributed by atoms with Gasteiger partial charge in [-0.15, -0.1) is 11.3 Å². The van der Waals surface area contributed by atoms with E-state index in [1.54, 1.807) is 34.7 Å². The van der Waals surface area contributed by atoms with Gasteiger partial charge in [-0.2, -0.15) is 0 Å². The van der Waals surface area contributed by atoms with E-state index in [-0.39, 0.29) is 5.56 Å². The van der Waals surface area contributed by atoms with Crippen molar-refractivity contribution < 1.29 is 0 Å². The average Bonchev–Trinajstić information content (AvgIpc) is 3.13. The van der Waals surface area contributed by atoms with E-state index in [2.05, 4.69) is 27.5 Å². The second-order valence-corrected chi connectivity index (χ2v) is 7.64. The van der Waals surface area contributed by atoms with Crippen LogP contribution < -0.4 is 5.56 Å². The van der Waals surface area contributed by atoms with Gasteiger partial charge in [0.2, 0.25) is 0 Å². The van der Waals surface area contributed by atoms with Crippen LogP contribution in [-0.2, 0) is 12.8 Å². The van der Waals surface area contributed by atoms with Gasteiger partial charge in [0.15, 0.2) is 4.34 Å². The molecular formula is C19H15N3OS2. The average molecular weight is 365 g/mol. The lowest BCUT2D eigenvalue weighted by molar-refractivity contribution is 0.785. The van der Waals surface area contributed by atoms with E-state index in [4.69, 9.17) is 0 Å². The normalized spacial score (nSPS) is 11.1. The lowest BCUT2D eigenvalue weighted by Gasteiger charge is -2.08. The summed E-state index contributed by atoms with van der Waals surface area (Å²) < 4.78 is 2.60. The number of nitrogens with zero attached hydrogens (tertiary/aromatic N) is 3. The third-order valence-corrected chi connectivity index (χ3v) is 5.97. The molecule has 4 aromatic rings. The van der Waals surface area contributed by atoms with Crippen molar-refractivity contribution in [3.8, 4) is 11.3 Å². The Kier molecular flexibility index (Phi) is 4.38. The van der Waals surface area contributed by atoms with Crippen molar-refractivity contribution >= 4 is 34.0 Å². The minimum Gasteiger partial charge on any atom is -0.299 e. The smallest absolute Gasteiger partial charge is 0.261 e. The van der Waals surface area contributed by atoms with Crippen molar-refractivity contribution in [2.24, 2.45) is 7.05 Å². The van der Waals surface area contributed by atoms with Gasteiger partial charge in [-0.05, 0) is 12.1 Å². The van der Waals surface area contributed by atoms with Gasteiger partial charge in [0.05, 0.1) is 22.3 Å². The van der Waals surface area contributed by atoms with Crippen molar-refractivity contribution in [2.75, 3.05) is 0 Å². The molecule has 0 aliphatic heterocycles. The van der Waals surface area contributed by atoms with Crippen LogP contribution in [0.25, 0.3) is 22.2 Å². The topological polar surface area (TPSA) is 47.8 Å². The number of thiazole rings is 1. The highest BCUT2D eigenvalue weighted by Gasteiger charge is 2.10. The highest BCUT2D eigenvalue weighted by Crippen LogP contribution is 2.29. The minimum atomic E-state index is -0.00897. The highest BCUT2D eigenvalue weighted by atomic mass is 32.2. The van der Waals surface area contributed by atoms with Crippen molar-refractivity contribution in [3.63, 3.8) is 0 Å². The summed E-state index contributed by atoms with van der Waals surface area (Å²) in [4.78, 5) is 21.8. The largest absolute Gasteiger partial charge is 0.299 e. The van der Waals surface area contributed by atoms with Gasteiger partial charge < -0.3 is 0 Å². The maximum atomic E-state index is 12.5. The molecular weight excluding hydrogens is 350 g/mol. The van der Waals surface area contributed by atoms with E-state index < -0.39 is 0 Å². The van der Waals surface area contributed by atoms with Crippen molar-refractivity contribution in [2.45, 2.75) is 10.1 Å². The summed E-state index contributed by atoms with van der Waals surface area (Å²) in [7, 11) is 1.77. The molecule has 2 heterocycles. The maximum absolute atomic E-state index is 12.5. The number of hydrogen-bond donors (Lipinski definition) is 0. The Hall–Kier alpha value is -2.44. The molecule has 4 rings (SSSR count). The number of benzene rings is 2. The molecule has 0 radical (unpaired) electrons. The first-order chi connectivity index (χ1) is 12.2. The van der Waals surface area contributed by atoms with E-state index in [0.29, 0.717) is 11.1 Å². The lowest BCUT2D eigenvalue weighted by atomic mass is 10.2. The van der Waals surface area contributed by atoms with Crippen LogP contribution in [0.15, 0.2) is 69.1 Å². The zero-order valence-electron chi connectivity index (χ0n) is 13.5. The monoisotopic (exact) mass is 365 g/mol. The van der Waals surface area contributed by atoms with Gasteiger partial charge in [0, 0.05) is 18.0 Å². The molecule has 0 unspecified atom stereocenters.